The number of rotatable bonds is 5. The number of pyridine rings is 1. The fourth-order valence-corrected chi connectivity index (χ4v) is 5.20. The van der Waals surface area contributed by atoms with Crippen molar-refractivity contribution in [3.8, 4) is 24.2 Å². The maximum atomic E-state index is 13.2. The third-order valence-corrected chi connectivity index (χ3v) is 7.89. The van der Waals surface area contributed by atoms with Crippen molar-refractivity contribution in [2.75, 3.05) is 37.7 Å². The fourth-order valence-electron chi connectivity index (χ4n) is 4.88. The van der Waals surface area contributed by atoms with Gasteiger partial charge in [-0.25, -0.2) is 4.39 Å². The number of likely N-dealkylation sites (tertiary alicyclic amines) is 1. The van der Waals surface area contributed by atoms with Gasteiger partial charge in [-0.2, -0.15) is 0 Å². The number of H-pyrrole nitrogens is 1. The Morgan fingerprint density at radius 3 is 2.44 bits per heavy atom. The van der Waals surface area contributed by atoms with E-state index in [1.54, 1.807) is 37.3 Å². The Balaban J connectivity index is 0.000000195. The summed E-state index contributed by atoms with van der Waals surface area (Å²) in [6.07, 6.45) is 15.2. The highest BCUT2D eigenvalue weighted by Crippen LogP contribution is 2.36. The van der Waals surface area contributed by atoms with Crippen LogP contribution in [0.5, 0.6) is 0 Å². The Hall–Kier alpha value is -4.75. The first-order chi connectivity index (χ1) is 20.9. The number of carbonyl (C=O) groups is 2. The lowest BCUT2D eigenvalue weighted by Crippen LogP contribution is -2.35. The SMILES string of the molecule is C#C.CNC(=O)c1c(-c2ccc(F)cc2)oc2cc(N(C)SC)ccc12.O=C(c1cc2ncccc2[nH]1)N1CCCCC1. The van der Waals surface area contributed by atoms with Crippen molar-refractivity contribution in [3.63, 3.8) is 0 Å². The van der Waals surface area contributed by atoms with Gasteiger partial charge in [0, 0.05) is 56.7 Å². The number of aromatic nitrogens is 2. The fraction of sp³-hybridized carbons (Fsp3) is 0.242. The summed E-state index contributed by atoms with van der Waals surface area (Å²) in [4.78, 5) is 33.9. The van der Waals surface area contributed by atoms with Crippen LogP contribution in [0.25, 0.3) is 33.3 Å². The third kappa shape index (κ3) is 7.01. The molecule has 0 aliphatic carbocycles. The number of furan rings is 1. The molecule has 1 saturated heterocycles. The van der Waals surface area contributed by atoms with Crippen molar-refractivity contribution < 1.29 is 18.4 Å². The Labute approximate surface area is 254 Å². The standard InChI is InChI=1S/C18H17FN2O2S.C13H15N3O.C2H2/c1-20-18(22)16-14-9-8-13(21(2)24-3)10-15(14)23-17(16)11-4-6-12(19)7-5-11;17-13(16-7-2-1-3-8-16)12-9-11-10(15-12)5-4-6-14-11;1-2/h4-10H,1-3H3,(H,20,22);4-6,9,15H,1-3,7-8H2;1-2H. The van der Waals surface area contributed by atoms with E-state index in [-0.39, 0.29) is 17.6 Å². The molecule has 1 fully saturated rings. The first-order valence-electron chi connectivity index (χ1n) is 13.8. The van der Waals surface area contributed by atoms with Crippen molar-refractivity contribution in [3.05, 3.63) is 83.9 Å². The predicted molar refractivity (Wildman–Crippen MR) is 173 cm³/mol. The Kier molecular flexibility index (Phi) is 10.5. The molecule has 4 heterocycles. The molecule has 5 aromatic rings. The Morgan fingerprint density at radius 1 is 1.07 bits per heavy atom. The second kappa shape index (κ2) is 14.4. The summed E-state index contributed by atoms with van der Waals surface area (Å²) < 4.78 is 21.2. The minimum Gasteiger partial charge on any atom is -0.455 e. The number of carbonyl (C=O) groups excluding carboxylic acids is 2. The Morgan fingerprint density at radius 2 is 1.79 bits per heavy atom. The van der Waals surface area contributed by atoms with Crippen LogP contribution in [0.3, 0.4) is 0 Å². The van der Waals surface area contributed by atoms with Crippen molar-refractivity contribution in [1.29, 1.82) is 0 Å². The van der Waals surface area contributed by atoms with Gasteiger partial charge < -0.3 is 23.9 Å². The first kappa shape index (κ1) is 31.2. The summed E-state index contributed by atoms with van der Waals surface area (Å²) in [6, 6.07) is 17.3. The van der Waals surface area contributed by atoms with Crippen molar-refractivity contribution in [2.24, 2.45) is 0 Å². The molecule has 2 N–H and O–H groups in total. The van der Waals surface area contributed by atoms with E-state index in [1.165, 1.54) is 18.6 Å². The van der Waals surface area contributed by atoms with Crippen LogP contribution in [0.15, 0.2) is 71.3 Å². The molecule has 2 amide bonds. The van der Waals surface area contributed by atoms with E-state index in [4.69, 9.17) is 4.42 Å². The number of aromatic amines is 1. The van der Waals surface area contributed by atoms with Gasteiger partial charge in [0.2, 0.25) is 0 Å². The Bertz CT molecular complexity index is 1690. The van der Waals surface area contributed by atoms with E-state index < -0.39 is 0 Å². The van der Waals surface area contributed by atoms with Crippen LogP contribution < -0.4 is 9.62 Å². The number of nitrogens with one attached hydrogen (secondary N) is 2. The van der Waals surface area contributed by atoms with Crippen LogP contribution in [-0.2, 0) is 0 Å². The first-order valence-corrected chi connectivity index (χ1v) is 15.0. The molecule has 0 radical (unpaired) electrons. The summed E-state index contributed by atoms with van der Waals surface area (Å²) in [5.74, 6) is -0.0321. The van der Waals surface area contributed by atoms with Crippen LogP contribution in [0, 0.1) is 18.7 Å². The summed E-state index contributed by atoms with van der Waals surface area (Å²) in [7, 11) is 3.53. The van der Waals surface area contributed by atoms with E-state index in [9.17, 15) is 14.0 Å². The molecule has 1 aliphatic rings. The number of amides is 2. The highest BCUT2D eigenvalue weighted by atomic mass is 32.2. The maximum absolute atomic E-state index is 13.2. The number of halogens is 1. The number of terminal acetylenes is 1. The summed E-state index contributed by atoms with van der Waals surface area (Å²) in [6.45, 7) is 1.75. The highest BCUT2D eigenvalue weighted by molar-refractivity contribution is 7.99. The number of nitrogens with zero attached hydrogens (tertiary/aromatic N) is 3. The smallest absolute Gasteiger partial charge is 0.270 e. The molecular formula is C33H34FN5O3S. The minimum absolute atomic E-state index is 0.0997. The average molecular weight is 600 g/mol. The molecule has 8 nitrogen and oxygen atoms in total. The third-order valence-electron chi connectivity index (χ3n) is 7.13. The molecular weight excluding hydrogens is 565 g/mol. The van der Waals surface area contributed by atoms with E-state index in [0.29, 0.717) is 28.2 Å². The topological polar surface area (TPSA) is 94.5 Å². The summed E-state index contributed by atoms with van der Waals surface area (Å²) in [5.41, 5.74) is 5.13. The molecule has 222 valence electrons. The zero-order chi connectivity index (χ0) is 30.9. The van der Waals surface area contributed by atoms with E-state index in [0.717, 1.165) is 48.0 Å². The number of benzene rings is 2. The second-order valence-corrected chi connectivity index (χ2v) is 10.6. The van der Waals surface area contributed by atoms with Gasteiger partial charge in [-0.15, -0.1) is 12.8 Å². The van der Waals surface area contributed by atoms with Gasteiger partial charge in [-0.05, 0) is 73.9 Å². The van der Waals surface area contributed by atoms with Crippen LogP contribution in [-0.4, -0.2) is 60.1 Å². The van der Waals surface area contributed by atoms with Crippen LogP contribution in [0.4, 0.5) is 10.1 Å². The lowest BCUT2D eigenvalue weighted by atomic mass is 10.0. The molecule has 0 saturated carbocycles. The zero-order valence-corrected chi connectivity index (χ0v) is 25.2. The lowest BCUT2D eigenvalue weighted by molar-refractivity contribution is 0.0719. The van der Waals surface area contributed by atoms with Gasteiger partial charge >= 0.3 is 0 Å². The molecule has 3 aromatic heterocycles. The molecule has 10 heteroatoms. The predicted octanol–water partition coefficient (Wildman–Crippen LogP) is 6.75. The second-order valence-electron chi connectivity index (χ2n) is 9.72. The zero-order valence-electron chi connectivity index (χ0n) is 24.4. The van der Waals surface area contributed by atoms with Crippen LogP contribution in [0.2, 0.25) is 0 Å². The molecule has 0 bridgehead atoms. The average Bonchev–Trinajstić information content (AvgIpc) is 3.67. The van der Waals surface area contributed by atoms with Crippen molar-refractivity contribution >= 4 is 51.5 Å². The van der Waals surface area contributed by atoms with Gasteiger partial charge in [0.25, 0.3) is 11.8 Å². The van der Waals surface area contributed by atoms with Gasteiger partial charge in [0.1, 0.15) is 22.9 Å². The summed E-state index contributed by atoms with van der Waals surface area (Å²) in [5, 5.41) is 3.37. The molecule has 0 unspecified atom stereocenters. The largest absolute Gasteiger partial charge is 0.455 e. The van der Waals surface area contributed by atoms with Crippen LogP contribution >= 0.6 is 11.9 Å². The molecule has 0 spiro atoms. The number of hydrogen-bond donors (Lipinski definition) is 2. The molecule has 43 heavy (non-hydrogen) atoms. The number of anilines is 1. The number of piperidine rings is 1. The quantitative estimate of drug-likeness (QED) is 0.171. The normalized spacial score (nSPS) is 12.6. The highest BCUT2D eigenvalue weighted by Gasteiger charge is 2.22. The van der Waals surface area contributed by atoms with Gasteiger partial charge in [0.05, 0.1) is 22.3 Å². The lowest BCUT2D eigenvalue weighted by Gasteiger charge is -2.26. The van der Waals surface area contributed by atoms with Crippen LogP contribution in [0.1, 0.15) is 40.1 Å². The van der Waals surface area contributed by atoms with Gasteiger partial charge in [-0.1, -0.05) is 11.9 Å². The molecule has 6 rings (SSSR count). The van der Waals surface area contributed by atoms with Crippen molar-refractivity contribution in [1.82, 2.24) is 20.2 Å². The van der Waals surface area contributed by atoms with E-state index in [2.05, 4.69) is 28.1 Å². The number of hydrogen-bond acceptors (Lipinski definition) is 6. The minimum atomic E-state index is -0.333. The molecule has 2 aromatic carbocycles. The summed E-state index contributed by atoms with van der Waals surface area (Å²) >= 11 is 1.58. The maximum Gasteiger partial charge on any atom is 0.270 e. The molecule has 0 atom stereocenters. The monoisotopic (exact) mass is 599 g/mol. The van der Waals surface area contributed by atoms with E-state index >= 15 is 0 Å². The van der Waals surface area contributed by atoms with E-state index in [1.807, 2.05) is 58.9 Å². The molecule has 1 aliphatic heterocycles. The number of fused-ring (bicyclic) bond motifs is 2. The van der Waals surface area contributed by atoms with Crippen molar-refractivity contribution in [2.45, 2.75) is 19.3 Å². The van der Waals surface area contributed by atoms with Gasteiger partial charge in [0.15, 0.2) is 0 Å². The van der Waals surface area contributed by atoms with Gasteiger partial charge in [-0.3, -0.25) is 14.6 Å².